The van der Waals surface area contributed by atoms with Crippen molar-refractivity contribution in [2.75, 3.05) is 0 Å². The Morgan fingerprint density at radius 3 is 2.46 bits per heavy atom. The smallest absolute Gasteiger partial charge is 0.276 e. The number of pyridine rings is 2. The maximum Gasteiger partial charge on any atom is 0.276 e. The van der Waals surface area contributed by atoms with Crippen molar-refractivity contribution in [1.29, 1.82) is 0 Å². The van der Waals surface area contributed by atoms with Crippen LogP contribution in [-0.2, 0) is 6.54 Å². The highest BCUT2D eigenvalue weighted by Crippen LogP contribution is 2.27. The van der Waals surface area contributed by atoms with Gasteiger partial charge in [0.15, 0.2) is 0 Å². The molecule has 0 fully saturated rings. The SMILES string of the molecule is CCC(C)Cn1c(=O)c(C)c(-c2ccccn2)c2c(=O)n(C(C)C)[nH]c21. The fourth-order valence-electron chi connectivity index (χ4n) is 3.27. The molecule has 1 N–H and O–H groups in total. The average Bonchev–Trinajstić information content (AvgIpc) is 2.97. The van der Waals surface area contributed by atoms with Gasteiger partial charge in [-0.3, -0.25) is 24.2 Å². The van der Waals surface area contributed by atoms with Crippen molar-refractivity contribution in [2.45, 2.75) is 53.6 Å². The van der Waals surface area contributed by atoms with Gasteiger partial charge in [0.2, 0.25) is 0 Å². The molecule has 0 aliphatic carbocycles. The number of nitrogens with zero attached hydrogens (tertiary/aromatic N) is 3. The molecular weight excluding hydrogens is 328 g/mol. The van der Waals surface area contributed by atoms with E-state index < -0.39 is 0 Å². The maximum absolute atomic E-state index is 13.1. The highest BCUT2D eigenvalue weighted by atomic mass is 16.1. The van der Waals surface area contributed by atoms with Crippen molar-refractivity contribution in [2.24, 2.45) is 5.92 Å². The Bertz CT molecular complexity index is 1040. The molecule has 1 unspecified atom stereocenters. The molecule has 3 aromatic heterocycles. The molecule has 6 nitrogen and oxygen atoms in total. The Kier molecular flexibility index (Phi) is 4.85. The van der Waals surface area contributed by atoms with Gasteiger partial charge in [-0.15, -0.1) is 0 Å². The lowest BCUT2D eigenvalue weighted by Crippen LogP contribution is -2.27. The van der Waals surface area contributed by atoms with Gasteiger partial charge in [-0.2, -0.15) is 0 Å². The van der Waals surface area contributed by atoms with E-state index in [0.717, 1.165) is 6.42 Å². The van der Waals surface area contributed by atoms with Gasteiger partial charge in [0.25, 0.3) is 11.1 Å². The second-order valence-electron chi connectivity index (χ2n) is 7.25. The summed E-state index contributed by atoms with van der Waals surface area (Å²) in [5.74, 6) is 0.335. The van der Waals surface area contributed by atoms with Gasteiger partial charge in [-0.05, 0) is 38.8 Å². The molecule has 26 heavy (non-hydrogen) atoms. The highest BCUT2D eigenvalue weighted by Gasteiger charge is 2.23. The lowest BCUT2D eigenvalue weighted by atomic mass is 10.0. The van der Waals surface area contributed by atoms with Gasteiger partial charge in [-0.25, -0.2) is 4.68 Å². The summed E-state index contributed by atoms with van der Waals surface area (Å²) in [6, 6.07) is 5.50. The molecule has 138 valence electrons. The van der Waals surface area contributed by atoms with Crippen molar-refractivity contribution in [3.63, 3.8) is 0 Å². The van der Waals surface area contributed by atoms with Crippen LogP contribution in [0.5, 0.6) is 0 Å². The van der Waals surface area contributed by atoms with E-state index in [0.29, 0.717) is 40.3 Å². The third-order valence-corrected chi connectivity index (χ3v) is 4.99. The lowest BCUT2D eigenvalue weighted by Gasteiger charge is -2.15. The van der Waals surface area contributed by atoms with Crippen LogP contribution < -0.4 is 11.1 Å². The summed E-state index contributed by atoms with van der Waals surface area (Å²) in [7, 11) is 0. The first-order valence-corrected chi connectivity index (χ1v) is 9.15. The third-order valence-electron chi connectivity index (χ3n) is 4.99. The van der Waals surface area contributed by atoms with Crippen LogP contribution in [0.1, 0.15) is 45.7 Å². The fraction of sp³-hybridized carbons (Fsp3) is 0.450. The summed E-state index contributed by atoms with van der Waals surface area (Å²) in [6.07, 6.45) is 2.64. The van der Waals surface area contributed by atoms with Crippen molar-refractivity contribution >= 4 is 11.0 Å². The van der Waals surface area contributed by atoms with E-state index in [2.05, 4.69) is 23.9 Å². The first-order chi connectivity index (χ1) is 12.4. The van der Waals surface area contributed by atoms with Crippen LogP contribution in [0, 0.1) is 12.8 Å². The van der Waals surface area contributed by atoms with Crippen LogP contribution in [-0.4, -0.2) is 19.3 Å². The summed E-state index contributed by atoms with van der Waals surface area (Å²) >= 11 is 0. The number of aromatic nitrogens is 4. The Morgan fingerprint density at radius 1 is 1.15 bits per heavy atom. The van der Waals surface area contributed by atoms with Gasteiger partial charge >= 0.3 is 0 Å². The molecular formula is C20H26N4O2. The van der Waals surface area contributed by atoms with E-state index >= 15 is 0 Å². The van der Waals surface area contributed by atoms with Crippen LogP contribution in [0.15, 0.2) is 34.0 Å². The summed E-state index contributed by atoms with van der Waals surface area (Å²) < 4.78 is 3.30. The minimum atomic E-state index is -0.114. The van der Waals surface area contributed by atoms with Crippen LogP contribution in [0.4, 0.5) is 0 Å². The molecule has 0 aliphatic rings. The van der Waals surface area contributed by atoms with Gasteiger partial charge in [0.1, 0.15) is 5.65 Å². The molecule has 6 heteroatoms. The Morgan fingerprint density at radius 2 is 1.88 bits per heavy atom. The second-order valence-corrected chi connectivity index (χ2v) is 7.25. The van der Waals surface area contributed by atoms with Gasteiger partial charge in [-0.1, -0.05) is 26.3 Å². The third kappa shape index (κ3) is 2.89. The minimum Gasteiger partial charge on any atom is -0.292 e. The normalized spacial score (nSPS) is 12.8. The topological polar surface area (TPSA) is 72.7 Å². The Balaban J connectivity index is 2.46. The Hall–Kier alpha value is -2.63. The summed E-state index contributed by atoms with van der Waals surface area (Å²) in [4.78, 5) is 30.6. The van der Waals surface area contributed by atoms with Crippen molar-refractivity contribution in [3.8, 4) is 11.3 Å². The van der Waals surface area contributed by atoms with Crippen LogP contribution in [0.25, 0.3) is 22.3 Å². The molecule has 3 rings (SSSR count). The predicted octanol–water partition coefficient (Wildman–Crippen LogP) is 3.49. The van der Waals surface area contributed by atoms with Crippen LogP contribution in [0.2, 0.25) is 0 Å². The first kappa shape index (κ1) is 18.2. The average molecular weight is 354 g/mol. The fourth-order valence-corrected chi connectivity index (χ4v) is 3.27. The molecule has 0 radical (unpaired) electrons. The van der Waals surface area contributed by atoms with Crippen molar-refractivity contribution < 1.29 is 0 Å². The second kappa shape index (κ2) is 6.94. The molecule has 0 bridgehead atoms. The first-order valence-electron chi connectivity index (χ1n) is 9.15. The quantitative estimate of drug-likeness (QED) is 0.762. The zero-order chi connectivity index (χ0) is 19.0. The zero-order valence-electron chi connectivity index (χ0n) is 16.0. The van der Waals surface area contributed by atoms with Crippen molar-refractivity contribution in [1.82, 2.24) is 19.3 Å². The molecule has 1 atom stereocenters. The zero-order valence-corrected chi connectivity index (χ0v) is 16.0. The largest absolute Gasteiger partial charge is 0.292 e. The molecule has 0 saturated carbocycles. The van der Waals surface area contributed by atoms with E-state index in [4.69, 9.17) is 0 Å². The monoisotopic (exact) mass is 354 g/mol. The molecule has 0 spiro atoms. The van der Waals surface area contributed by atoms with E-state index in [1.54, 1.807) is 22.4 Å². The predicted molar refractivity (Wildman–Crippen MR) is 105 cm³/mol. The molecule has 0 aromatic carbocycles. The number of aromatic amines is 1. The number of nitrogens with one attached hydrogen (secondary N) is 1. The molecule has 3 heterocycles. The number of hydrogen-bond donors (Lipinski definition) is 1. The minimum absolute atomic E-state index is 0.0288. The van der Waals surface area contributed by atoms with E-state index in [-0.39, 0.29) is 17.2 Å². The summed E-state index contributed by atoms with van der Waals surface area (Å²) in [5, 5.41) is 3.72. The van der Waals surface area contributed by atoms with E-state index in [9.17, 15) is 9.59 Å². The standard InChI is InChI=1S/C20H26N4O2/c1-6-13(4)11-23-18-17(20(26)24(22-18)12(2)3)16(14(5)19(23)25)15-9-7-8-10-21-15/h7-10,12-13,22H,6,11H2,1-5H3. The number of hydrogen-bond acceptors (Lipinski definition) is 3. The van der Waals surface area contributed by atoms with Gasteiger partial charge in [0, 0.05) is 29.9 Å². The molecule has 0 amide bonds. The maximum atomic E-state index is 13.1. The summed E-state index contributed by atoms with van der Waals surface area (Å²) in [6.45, 7) is 10.5. The van der Waals surface area contributed by atoms with Crippen LogP contribution >= 0.6 is 0 Å². The van der Waals surface area contributed by atoms with Crippen molar-refractivity contribution in [3.05, 3.63) is 50.7 Å². The van der Waals surface area contributed by atoms with E-state index in [1.807, 2.05) is 32.0 Å². The lowest BCUT2D eigenvalue weighted by molar-refractivity contribution is 0.462. The van der Waals surface area contributed by atoms with Gasteiger partial charge < -0.3 is 0 Å². The molecule has 0 aliphatic heterocycles. The van der Waals surface area contributed by atoms with E-state index in [1.165, 1.54) is 0 Å². The van der Waals surface area contributed by atoms with Gasteiger partial charge in [0.05, 0.1) is 11.1 Å². The highest BCUT2D eigenvalue weighted by molar-refractivity contribution is 5.93. The Labute approximate surface area is 152 Å². The molecule has 3 aromatic rings. The number of fused-ring (bicyclic) bond motifs is 1. The number of rotatable bonds is 5. The summed E-state index contributed by atoms with van der Waals surface area (Å²) in [5.41, 5.74) is 2.24. The number of H-pyrrole nitrogens is 1. The molecule has 0 saturated heterocycles. The van der Waals surface area contributed by atoms with Crippen LogP contribution in [0.3, 0.4) is 0 Å².